The van der Waals surface area contributed by atoms with E-state index in [4.69, 9.17) is 0 Å². The number of hydrogen-bond acceptors (Lipinski definition) is 2. The van der Waals surface area contributed by atoms with Gasteiger partial charge in [-0.05, 0) is 67.4 Å². The third kappa shape index (κ3) is 2.40. The van der Waals surface area contributed by atoms with E-state index in [0.29, 0.717) is 11.5 Å². The number of rotatable bonds is 3. The smallest absolute Gasteiger partial charge is 0.126 e. The molecule has 1 aromatic carbocycles. The maximum Gasteiger partial charge on any atom is 0.126 e. The first kappa shape index (κ1) is 13.8. The van der Waals surface area contributed by atoms with Gasteiger partial charge in [0.1, 0.15) is 5.82 Å². The van der Waals surface area contributed by atoms with Gasteiger partial charge >= 0.3 is 0 Å². The summed E-state index contributed by atoms with van der Waals surface area (Å²) in [6.07, 6.45) is 3.59. The Labute approximate surface area is 123 Å². The zero-order valence-electron chi connectivity index (χ0n) is 11.9. The van der Waals surface area contributed by atoms with Crippen molar-refractivity contribution in [3.8, 4) is 0 Å². The molecule has 1 nitrogen and oxygen atoms in total. The molecule has 106 valence electrons. The Morgan fingerprint density at radius 2 is 2.20 bits per heavy atom. The van der Waals surface area contributed by atoms with Gasteiger partial charge in [0.15, 0.2) is 0 Å². The fourth-order valence-corrected chi connectivity index (χ4v) is 4.27. The first-order valence-electron chi connectivity index (χ1n) is 7.20. The molecule has 1 aliphatic carbocycles. The van der Waals surface area contributed by atoms with Crippen LogP contribution in [0.4, 0.5) is 4.39 Å². The molecule has 0 spiro atoms. The maximum absolute atomic E-state index is 13.9. The molecule has 20 heavy (non-hydrogen) atoms. The van der Waals surface area contributed by atoms with E-state index in [2.05, 4.69) is 22.8 Å². The van der Waals surface area contributed by atoms with E-state index in [1.807, 2.05) is 31.4 Å². The van der Waals surface area contributed by atoms with E-state index in [0.717, 1.165) is 5.56 Å². The van der Waals surface area contributed by atoms with E-state index in [1.54, 1.807) is 6.07 Å². The van der Waals surface area contributed by atoms with Gasteiger partial charge in [-0.1, -0.05) is 12.1 Å². The van der Waals surface area contributed by atoms with Gasteiger partial charge in [0.2, 0.25) is 0 Å². The summed E-state index contributed by atoms with van der Waals surface area (Å²) in [4.78, 5) is 1.51. The van der Waals surface area contributed by atoms with Crippen molar-refractivity contribution in [2.24, 2.45) is 0 Å². The monoisotopic (exact) mass is 289 g/mol. The van der Waals surface area contributed by atoms with Crippen LogP contribution in [0.3, 0.4) is 0 Å². The molecular formula is C17H20FNS. The largest absolute Gasteiger partial charge is 0.312 e. The zero-order valence-corrected chi connectivity index (χ0v) is 12.8. The molecule has 0 radical (unpaired) electrons. The summed E-state index contributed by atoms with van der Waals surface area (Å²) in [7, 11) is 1.98. The van der Waals surface area contributed by atoms with Crippen molar-refractivity contribution in [2.75, 3.05) is 7.05 Å². The lowest BCUT2D eigenvalue weighted by molar-refractivity contribution is 0.426. The Morgan fingerprint density at radius 3 is 2.95 bits per heavy atom. The van der Waals surface area contributed by atoms with Crippen molar-refractivity contribution in [3.05, 3.63) is 57.0 Å². The van der Waals surface area contributed by atoms with Gasteiger partial charge in [-0.25, -0.2) is 4.39 Å². The molecule has 1 N–H and O–H groups in total. The number of aryl methyl sites for hydroxylation is 2. The van der Waals surface area contributed by atoms with Gasteiger partial charge < -0.3 is 5.32 Å². The molecule has 0 aliphatic heterocycles. The highest BCUT2D eigenvalue weighted by molar-refractivity contribution is 7.10. The predicted molar refractivity (Wildman–Crippen MR) is 82.9 cm³/mol. The van der Waals surface area contributed by atoms with Crippen LogP contribution in [-0.2, 0) is 6.42 Å². The molecule has 3 rings (SSSR count). The molecule has 0 saturated heterocycles. The van der Waals surface area contributed by atoms with Crippen molar-refractivity contribution >= 4 is 11.3 Å². The topological polar surface area (TPSA) is 12.0 Å². The van der Waals surface area contributed by atoms with Crippen LogP contribution in [0.2, 0.25) is 0 Å². The van der Waals surface area contributed by atoms with Crippen molar-refractivity contribution in [2.45, 2.75) is 38.1 Å². The third-order valence-electron chi connectivity index (χ3n) is 4.37. The van der Waals surface area contributed by atoms with Crippen LogP contribution in [-0.4, -0.2) is 7.05 Å². The Morgan fingerprint density at radius 1 is 1.35 bits per heavy atom. The predicted octanol–water partition coefficient (Wildman–Crippen LogP) is 4.58. The third-order valence-corrected chi connectivity index (χ3v) is 5.36. The minimum absolute atomic E-state index is 0.107. The van der Waals surface area contributed by atoms with Crippen molar-refractivity contribution in [3.63, 3.8) is 0 Å². The van der Waals surface area contributed by atoms with E-state index in [1.165, 1.54) is 29.7 Å². The minimum atomic E-state index is -0.107. The average molecular weight is 289 g/mol. The zero-order chi connectivity index (χ0) is 14.1. The summed E-state index contributed by atoms with van der Waals surface area (Å²) in [5.74, 6) is 0.348. The Hall–Kier alpha value is -1.19. The minimum Gasteiger partial charge on any atom is -0.312 e. The number of benzene rings is 1. The Kier molecular flexibility index (Phi) is 3.90. The molecule has 3 heteroatoms. The quantitative estimate of drug-likeness (QED) is 0.872. The summed E-state index contributed by atoms with van der Waals surface area (Å²) >= 11 is 1.86. The van der Waals surface area contributed by atoms with Gasteiger partial charge in [-0.15, -0.1) is 11.3 Å². The molecule has 1 aromatic heterocycles. The van der Waals surface area contributed by atoms with Crippen LogP contribution in [0.1, 0.15) is 46.4 Å². The van der Waals surface area contributed by atoms with Gasteiger partial charge in [-0.2, -0.15) is 0 Å². The van der Waals surface area contributed by atoms with Crippen LogP contribution >= 0.6 is 11.3 Å². The van der Waals surface area contributed by atoms with Gasteiger partial charge in [0, 0.05) is 16.8 Å². The first-order chi connectivity index (χ1) is 9.70. The maximum atomic E-state index is 13.9. The number of hydrogen-bond donors (Lipinski definition) is 1. The summed E-state index contributed by atoms with van der Waals surface area (Å²) < 4.78 is 13.9. The van der Waals surface area contributed by atoms with Gasteiger partial charge in [0.05, 0.1) is 0 Å². The Balaban J connectivity index is 1.97. The van der Waals surface area contributed by atoms with Crippen molar-refractivity contribution in [1.29, 1.82) is 0 Å². The summed E-state index contributed by atoms with van der Waals surface area (Å²) in [5.41, 5.74) is 3.23. The van der Waals surface area contributed by atoms with Gasteiger partial charge in [0.25, 0.3) is 0 Å². The van der Waals surface area contributed by atoms with E-state index in [-0.39, 0.29) is 11.9 Å². The highest BCUT2D eigenvalue weighted by Gasteiger charge is 2.29. The second-order valence-corrected chi connectivity index (χ2v) is 6.57. The molecule has 1 aliphatic rings. The second kappa shape index (κ2) is 5.66. The van der Waals surface area contributed by atoms with Gasteiger partial charge in [-0.3, -0.25) is 0 Å². The summed E-state index contributed by atoms with van der Waals surface area (Å²) in [6.45, 7) is 1.81. The second-order valence-electron chi connectivity index (χ2n) is 5.57. The molecule has 0 saturated carbocycles. The fourth-order valence-electron chi connectivity index (χ4n) is 3.27. The lowest BCUT2D eigenvalue weighted by Gasteiger charge is -2.31. The molecule has 2 atom stereocenters. The fraction of sp³-hybridized carbons (Fsp3) is 0.412. The molecule has 0 amide bonds. The van der Waals surface area contributed by atoms with E-state index in [9.17, 15) is 4.39 Å². The molecule has 2 aromatic rings. The molecular weight excluding hydrogens is 269 g/mol. The average Bonchev–Trinajstić information content (AvgIpc) is 2.93. The van der Waals surface area contributed by atoms with Crippen molar-refractivity contribution in [1.82, 2.24) is 5.32 Å². The lowest BCUT2D eigenvalue weighted by atomic mass is 9.80. The SMILES string of the molecule is CNC(c1ccc(C)c(F)c1)C1CCCc2sccc21. The summed E-state index contributed by atoms with van der Waals surface area (Å²) in [6, 6.07) is 8.07. The van der Waals surface area contributed by atoms with E-state index >= 15 is 0 Å². The molecule has 2 unspecified atom stereocenters. The van der Waals surface area contributed by atoms with Crippen molar-refractivity contribution < 1.29 is 4.39 Å². The molecule has 0 fully saturated rings. The molecule has 1 heterocycles. The van der Waals surface area contributed by atoms with Crippen LogP contribution in [0.25, 0.3) is 0 Å². The number of thiophene rings is 1. The van der Waals surface area contributed by atoms with Crippen LogP contribution in [0.5, 0.6) is 0 Å². The molecule has 0 bridgehead atoms. The van der Waals surface area contributed by atoms with Crippen LogP contribution in [0.15, 0.2) is 29.6 Å². The van der Waals surface area contributed by atoms with Crippen LogP contribution < -0.4 is 5.32 Å². The highest BCUT2D eigenvalue weighted by atomic mass is 32.1. The van der Waals surface area contributed by atoms with Crippen LogP contribution in [0, 0.1) is 12.7 Å². The highest BCUT2D eigenvalue weighted by Crippen LogP contribution is 2.42. The number of halogens is 1. The number of nitrogens with one attached hydrogen (secondary N) is 1. The standard InChI is InChI=1S/C17H20FNS/c1-11-6-7-12(10-15(11)18)17(19-2)14-4-3-5-16-13(14)8-9-20-16/h6-10,14,17,19H,3-5H2,1-2H3. The normalized spacial score (nSPS) is 19.6. The first-order valence-corrected chi connectivity index (χ1v) is 8.08. The number of likely N-dealkylation sites (N-methyl/N-ethyl adjacent to an activating group) is 1. The van der Waals surface area contributed by atoms with E-state index < -0.39 is 0 Å². The number of fused-ring (bicyclic) bond motifs is 1. The summed E-state index contributed by atoms with van der Waals surface area (Å²) in [5, 5.41) is 5.59. The lowest BCUT2D eigenvalue weighted by Crippen LogP contribution is -2.26. The Bertz CT molecular complexity index is 605.